The molecule has 0 bridgehead atoms. The highest BCUT2D eigenvalue weighted by atomic mass is 16.7. The van der Waals surface area contributed by atoms with Crippen LogP contribution < -0.4 is 9.47 Å². The predicted octanol–water partition coefficient (Wildman–Crippen LogP) is 4.10. The second-order valence-electron chi connectivity index (χ2n) is 8.50. The fourth-order valence-corrected chi connectivity index (χ4v) is 4.37. The van der Waals surface area contributed by atoms with Crippen molar-refractivity contribution in [2.24, 2.45) is 5.92 Å². The molecule has 0 spiro atoms. The Balaban J connectivity index is 1.33. The molecule has 180 valence electrons. The Morgan fingerprint density at radius 1 is 1.24 bits per heavy atom. The highest BCUT2D eigenvalue weighted by Gasteiger charge is 2.31. The minimum Gasteiger partial charge on any atom is -0.481 e. The molecule has 0 saturated carbocycles. The smallest absolute Gasteiger partial charge is 0.307 e. The summed E-state index contributed by atoms with van der Waals surface area (Å²) >= 11 is 0. The summed E-state index contributed by atoms with van der Waals surface area (Å²) in [5.41, 5.74) is 0.857. The number of rotatable bonds is 12. The van der Waals surface area contributed by atoms with Gasteiger partial charge in [0.1, 0.15) is 0 Å². The highest BCUT2D eigenvalue weighted by molar-refractivity contribution is 5.71. The van der Waals surface area contributed by atoms with E-state index in [9.17, 15) is 9.90 Å². The molecule has 1 N–H and O–H groups in total. The number of carboxylic acids is 1. The number of hydrogen-bond acceptors (Lipinski definition) is 8. The molecule has 3 heterocycles. The van der Waals surface area contributed by atoms with E-state index in [4.69, 9.17) is 23.5 Å². The molecule has 1 aromatic carbocycles. The fraction of sp³-hybridized carbons (Fsp3) is 0.625. The summed E-state index contributed by atoms with van der Waals surface area (Å²) in [6, 6.07) is 5.56. The Kier molecular flexibility index (Phi) is 8.17. The third kappa shape index (κ3) is 6.23. The third-order valence-corrected chi connectivity index (χ3v) is 6.21. The molecule has 0 amide bonds. The molecule has 2 aromatic rings. The summed E-state index contributed by atoms with van der Waals surface area (Å²) in [6.45, 7) is 3.48. The standard InChI is InChI=1S/C24H32N2O7/c1-2-17(24(27)28)18(16-9-10-19-20(13-16)32-15-31-19)14-22-25-21(26-33-22)7-3-5-11-29-23-8-4-6-12-30-23/h9-10,13,17-18,23H,2-8,11-12,14-15H2,1H3,(H,27,28). The van der Waals surface area contributed by atoms with E-state index in [-0.39, 0.29) is 19.0 Å². The van der Waals surface area contributed by atoms with Gasteiger partial charge in [0.15, 0.2) is 23.6 Å². The van der Waals surface area contributed by atoms with Gasteiger partial charge in [0.2, 0.25) is 12.7 Å². The number of ether oxygens (including phenoxy) is 4. The Labute approximate surface area is 193 Å². The summed E-state index contributed by atoms with van der Waals surface area (Å²) in [5.74, 6) is 0.622. The van der Waals surface area contributed by atoms with Crippen LogP contribution in [0.5, 0.6) is 11.5 Å². The Bertz CT molecular complexity index is 910. The maximum Gasteiger partial charge on any atom is 0.307 e. The first-order valence-corrected chi connectivity index (χ1v) is 11.8. The number of benzene rings is 1. The van der Waals surface area contributed by atoms with Crippen molar-refractivity contribution in [3.8, 4) is 11.5 Å². The average molecular weight is 461 g/mol. The van der Waals surface area contributed by atoms with E-state index in [1.54, 1.807) is 0 Å². The van der Waals surface area contributed by atoms with Gasteiger partial charge in [-0.1, -0.05) is 18.1 Å². The van der Waals surface area contributed by atoms with E-state index in [2.05, 4.69) is 10.1 Å². The Hall–Kier alpha value is -2.65. The van der Waals surface area contributed by atoms with E-state index in [1.807, 2.05) is 25.1 Å². The predicted molar refractivity (Wildman–Crippen MR) is 117 cm³/mol. The monoisotopic (exact) mass is 460 g/mol. The molecule has 0 radical (unpaired) electrons. The molecule has 1 fully saturated rings. The third-order valence-electron chi connectivity index (χ3n) is 6.21. The maximum absolute atomic E-state index is 11.9. The van der Waals surface area contributed by atoms with Gasteiger partial charge in [-0.2, -0.15) is 4.98 Å². The molecule has 4 rings (SSSR count). The molecule has 9 nitrogen and oxygen atoms in total. The maximum atomic E-state index is 11.9. The molecule has 33 heavy (non-hydrogen) atoms. The minimum absolute atomic E-state index is 0.0654. The minimum atomic E-state index is -0.846. The van der Waals surface area contributed by atoms with Crippen LogP contribution >= 0.6 is 0 Å². The molecule has 0 aliphatic carbocycles. The van der Waals surface area contributed by atoms with Gasteiger partial charge in [-0.05, 0) is 56.2 Å². The van der Waals surface area contributed by atoms with Crippen molar-refractivity contribution in [3.05, 3.63) is 35.5 Å². The number of carbonyl (C=O) groups is 1. The zero-order valence-electron chi connectivity index (χ0n) is 19.0. The zero-order chi connectivity index (χ0) is 23.0. The molecule has 1 aromatic heterocycles. The van der Waals surface area contributed by atoms with Crippen molar-refractivity contribution >= 4 is 5.97 Å². The lowest BCUT2D eigenvalue weighted by atomic mass is 9.82. The zero-order valence-corrected chi connectivity index (χ0v) is 19.0. The van der Waals surface area contributed by atoms with E-state index >= 15 is 0 Å². The van der Waals surface area contributed by atoms with Crippen molar-refractivity contribution < 1.29 is 33.4 Å². The average Bonchev–Trinajstić information content (AvgIpc) is 3.48. The normalized spacial score (nSPS) is 19.4. The van der Waals surface area contributed by atoms with Crippen LogP contribution in [-0.4, -0.2) is 47.5 Å². The van der Waals surface area contributed by atoms with E-state index in [1.165, 1.54) is 0 Å². The van der Waals surface area contributed by atoms with E-state index in [0.29, 0.717) is 49.1 Å². The molecule has 2 aliphatic rings. The topological polar surface area (TPSA) is 113 Å². The van der Waals surface area contributed by atoms with Crippen LogP contribution in [-0.2, 0) is 27.1 Å². The summed E-state index contributed by atoms with van der Waals surface area (Å²) in [4.78, 5) is 16.5. The van der Waals surface area contributed by atoms with Crippen molar-refractivity contribution in [1.82, 2.24) is 10.1 Å². The Morgan fingerprint density at radius 3 is 2.91 bits per heavy atom. The SMILES string of the molecule is CCC(C(=O)O)C(Cc1nc(CCCCOC2CCCCO2)no1)c1ccc2c(c1)OCO2. The number of aryl methyl sites for hydroxylation is 1. The van der Waals surface area contributed by atoms with E-state index < -0.39 is 11.9 Å². The Morgan fingerprint density at radius 2 is 2.12 bits per heavy atom. The highest BCUT2D eigenvalue weighted by Crippen LogP contribution is 2.38. The molecular weight excluding hydrogens is 428 g/mol. The van der Waals surface area contributed by atoms with Crippen molar-refractivity contribution in [2.45, 2.75) is 70.5 Å². The van der Waals surface area contributed by atoms with Gasteiger partial charge < -0.3 is 28.6 Å². The van der Waals surface area contributed by atoms with Crippen LogP contribution in [0.15, 0.2) is 22.7 Å². The van der Waals surface area contributed by atoms with Gasteiger partial charge in [-0.3, -0.25) is 4.79 Å². The first-order valence-electron chi connectivity index (χ1n) is 11.8. The lowest BCUT2D eigenvalue weighted by Gasteiger charge is -2.22. The second kappa shape index (κ2) is 11.5. The van der Waals surface area contributed by atoms with Crippen molar-refractivity contribution in [2.75, 3.05) is 20.0 Å². The van der Waals surface area contributed by atoms with Gasteiger partial charge in [0.25, 0.3) is 0 Å². The lowest BCUT2D eigenvalue weighted by molar-refractivity contribution is -0.162. The number of unbranched alkanes of at least 4 members (excludes halogenated alkanes) is 1. The number of carboxylic acid groups (broad SMARTS) is 1. The molecule has 2 aliphatic heterocycles. The van der Waals surface area contributed by atoms with Crippen LogP contribution in [0.3, 0.4) is 0 Å². The summed E-state index contributed by atoms with van der Waals surface area (Å²) in [6.07, 6.45) is 6.46. The number of aromatic nitrogens is 2. The summed E-state index contributed by atoms with van der Waals surface area (Å²) in [5, 5.41) is 13.9. The van der Waals surface area contributed by atoms with Gasteiger partial charge in [0, 0.05) is 32.0 Å². The van der Waals surface area contributed by atoms with Crippen molar-refractivity contribution in [3.63, 3.8) is 0 Å². The molecular formula is C24H32N2O7. The summed E-state index contributed by atoms with van der Waals surface area (Å²) < 4.78 is 27.7. The van der Waals surface area contributed by atoms with Crippen LogP contribution in [0.1, 0.15) is 68.6 Å². The molecule has 9 heteroatoms. The first-order chi connectivity index (χ1) is 16.1. The summed E-state index contributed by atoms with van der Waals surface area (Å²) in [7, 11) is 0. The number of fused-ring (bicyclic) bond motifs is 1. The van der Waals surface area contributed by atoms with Crippen LogP contribution in [0.25, 0.3) is 0 Å². The van der Waals surface area contributed by atoms with Crippen LogP contribution in [0.2, 0.25) is 0 Å². The fourth-order valence-electron chi connectivity index (χ4n) is 4.37. The van der Waals surface area contributed by atoms with Crippen molar-refractivity contribution in [1.29, 1.82) is 0 Å². The van der Waals surface area contributed by atoms with Gasteiger partial charge in [-0.15, -0.1) is 0 Å². The number of hydrogen-bond donors (Lipinski definition) is 1. The second-order valence-corrected chi connectivity index (χ2v) is 8.50. The molecule has 3 unspecified atom stereocenters. The van der Waals surface area contributed by atoms with Crippen LogP contribution in [0.4, 0.5) is 0 Å². The van der Waals surface area contributed by atoms with Crippen LogP contribution in [0, 0.1) is 5.92 Å². The quantitative estimate of drug-likeness (QED) is 0.468. The van der Waals surface area contributed by atoms with Gasteiger partial charge >= 0.3 is 5.97 Å². The van der Waals surface area contributed by atoms with E-state index in [0.717, 1.165) is 44.3 Å². The largest absolute Gasteiger partial charge is 0.481 e. The number of aliphatic carboxylic acids is 1. The lowest BCUT2D eigenvalue weighted by Crippen LogP contribution is -2.23. The number of nitrogens with zero attached hydrogens (tertiary/aromatic N) is 2. The van der Waals surface area contributed by atoms with Gasteiger partial charge in [0.05, 0.1) is 5.92 Å². The first kappa shape index (κ1) is 23.5. The molecule has 3 atom stereocenters. The van der Waals surface area contributed by atoms with Gasteiger partial charge in [-0.25, -0.2) is 0 Å². The molecule has 1 saturated heterocycles.